The number of ether oxygens (including phenoxy) is 1. The second-order valence-electron chi connectivity index (χ2n) is 8.66. The summed E-state index contributed by atoms with van der Waals surface area (Å²) in [7, 11) is -5.94. The molecule has 2 heterocycles. The van der Waals surface area contributed by atoms with Gasteiger partial charge in [-0.15, -0.1) is 0 Å². The van der Waals surface area contributed by atoms with Crippen LogP contribution >= 0.6 is 0 Å². The van der Waals surface area contributed by atoms with Crippen molar-refractivity contribution in [2.45, 2.75) is 36.5 Å². The van der Waals surface area contributed by atoms with Crippen molar-refractivity contribution < 1.29 is 41.6 Å². The van der Waals surface area contributed by atoms with Gasteiger partial charge in [-0.1, -0.05) is 24.2 Å². The summed E-state index contributed by atoms with van der Waals surface area (Å²) in [5.41, 5.74) is 12.7. The average molecular weight is 594 g/mol. The van der Waals surface area contributed by atoms with E-state index in [4.69, 9.17) is 21.9 Å². The maximum Gasteiger partial charge on any atom is 0.338 e. The number of hydrogen-bond acceptors (Lipinski definition) is 11. The highest BCUT2D eigenvalue weighted by atomic mass is 32.2. The van der Waals surface area contributed by atoms with Crippen LogP contribution in [0.3, 0.4) is 0 Å². The predicted molar refractivity (Wildman–Crippen MR) is 144 cm³/mol. The fourth-order valence-electron chi connectivity index (χ4n) is 4.31. The number of rotatable bonds is 4. The number of oxime groups is 2. The molecule has 0 saturated carbocycles. The number of sulfone groups is 2. The number of fused-ring (bicyclic) bond motifs is 2. The summed E-state index contributed by atoms with van der Waals surface area (Å²) in [5.74, 6) is -2.44. The first-order chi connectivity index (χ1) is 18.7. The van der Waals surface area contributed by atoms with Crippen molar-refractivity contribution >= 4 is 48.9 Å². The summed E-state index contributed by atoms with van der Waals surface area (Å²) in [6, 6.07) is 5.62. The van der Waals surface area contributed by atoms with Crippen LogP contribution < -0.4 is 11.5 Å². The highest BCUT2D eigenvalue weighted by Gasteiger charge is 2.35. The fourth-order valence-corrected chi connectivity index (χ4v) is 7.39. The normalized spacial score (nSPS) is 17.9. The topological polar surface area (TPSA) is 241 Å². The van der Waals surface area contributed by atoms with Crippen LogP contribution in [-0.4, -0.2) is 75.1 Å². The Hall–Kier alpha value is -4.31. The Labute approximate surface area is 229 Å². The van der Waals surface area contributed by atoms with E-state index >= 15 is 0 Å². The van der Waals surface area contributed by atoms with Crippen molar-refractivity contribution in [2.24, 2.45) is 26.8 Å². The second-order valence-corrected chi connectivity index (χ2v) is 12.6. The summed E-state index contributed by atoms with van der Waals surface area (Å²) in [5, 5.41) is 23.8. The molecule has 214 valence electrons. The van der Waals surface area contributed by atoms with Gasteiger partial charge in [0, 0.05) is 16.7 Å². The third-order valence-corrected chi connectivity index (χ3v) is 9.55. The number of methoxy groups -OCH3 is 1. The zero-order valence-electron chi connectivity index (χ0n) is 21.7. The molecule has 2 aliphatic heterocycles. The number of carbonyl (C=O) groups is 2. The summed E-state index contributed by atoms with van der Waals surface area (Å²) >= 11 is 0. The van der Waals surface area contributed by atoms with Gasteiger partial charge in [0.1, 0.15) is 22.9 Å². The van der Waals surface area contributed by atoms with Crippen LogP contribution in [0.15, 0.2) is 49.4 Å². The third kappa shape index (κ3) is 5.67. The van der Waals surface area contributed by atoms with E-state index in [-0.39, 0.29) is 38.1 Å². The minimum absolute atomic E-state index is 0.0119. The zero-order valence-corrected chi connectivity index (χ0v) is 23.3. The monoisotopic (exact) mass is 593 g/mol. The smallest absolute Gasteiger partial charge is 0.338 e. The van der Waals surface area contributed by atoms with Gasteiger partial charge < -0.3 is 26.6 Å². The number of amides is 1. The molecule has 0 radical (unpaired) electrons. The molecule has 6 N–H and O–H groups in total. The lowest BCUT2D eigenvalue weighted by atomic mass is 9.99. The van der Waals surface area contributed by atoms with Crippen molar-refractivity contribution in [3.8, 4) is 0 Å². The molecule has 0 bridgehead atoms. The largest absolute Gasteiger partial charge is 0.465 e. The second kappa shape index (κ2) is 11.4. The maximum absolute atomic E-state index is 12.0. The number of hydrogen-bond donors (Lipinski definition) is 4. The SMILES string of the molecule is CCc1cc2c(cc1C(=O)N=C(N)N)S(=O)(=O)CC2=NO.CCc1cc2c(cc1C(=O)OC)S(=O)(=O)CC2=NO. The van der Waals surface area contributed by atoms with E-state index in [1.807, 2.05) is 6.92 Å². The Balaban J connectivity index is 0.000000222. The molecule has 2 aromatic carbocycles. The molecule has 0 spiro atoms. The van der Waals surface area contributed by atoms with E-state index in [2.05, 4.69) is 20.0 Å². The van der Waals surface area contributed by atoms with E-state index in [0.717, 1.165) is 0 Å². The van der Waals surface area contributed by atoms with Crippen LogP contribution in [0.2, 0.25) is 0 Å². The minimum atomic E-state index is -3.63. The molecule has 1 amide bonds. The fraction of sp³-hybridized carbons (Fsp3) is 0.292. The summed E-state index contributed by atoms with van der Waals surface area (Å²) < 4.78 is 52.6. The number of carbonyl (C=O) groups excluding carboxylic acids is 2. The van der Waals surface area contributed by atoms with Gasteiger partial charge in [0.15, 0.2) is 25.6 Å². The van der Waals surface area contributed by atoms with Gasteiger partial charge in [0.2, 0.25) is 0 Å². The van der Waals surface area contributed by atoms with E-state index in [1.54, 1.807) is 13.0 Å². The molecule has 0 fully saturated rings. The van der Waals surface area contributed by atoms with Crippen molar-refractivity contribution in [3.05, 3.63) is 57.6 Å². The molecule has 0 saturated heterocycles. The molecule has 16 heteroatoms. The molecule has 14 nitrogen and oxygen atoms in total. The Morgan fingerprint density at radius 2 is 1.25 bits per heavy atom. The van der Waals surface area contributed by atoms with Gasteiger partial charge in [-0.3, -0.25) is 4.79 Å². The van der Waals surface area contributed by atoms with Crippen molar-refractivity contribution in [2.75, 3.05) is 18.6 Å². The lowest BCUT2D eigenvalue weighted by molar-refractivity contribution is 0.0599. The molecule has 0 aliphatic carbocycles. The number of nitrogens with two attached hydrogens (primary N) is 2. The number of aliphatic imine (C=N–C) groups is 1. The highest BCUT2D eigenvalue weighted by molar-refractivity contribution is 7.93. The van der Waals surface area contributed by atoms with Gasteiger partial charge in [-0.2, -0.15) is 4.99 Å². The molecule has 2 aromatic rings. The quantitative estimate of drug-likeness (QED) is 0.126. The standard InChI is InChI=1S/C12H14N4O4S.C12H13NO5S/c1-2-6-3-8-9(16-18)5-21(19,20)10(8)4-7(6)11(17)15-12(13)14;1-3-7-4-9-10(13-15)6-19(16,17)11(9)5-8(7)12(14)18-2/h3-4,18H,2,5H2,1H3,(H4,13,14,15,17);4-5,15H,3,6H2,1-2H3. The van der Waals surface area contributed by atoms with Crippen molar-refractivity contribution in [3.63, 3.8) is 0 Å². The maximum atomic E-state index is 12.0. The predicted octanol–water partition coefficient (Wildman–Crippen LogP) is 0.629. The molecular formula is C24H27N5O9S2. The average Bonchev–Trinajstić information content (AvgIpc) is 3.33. The van der Waals surface area contributed by atoms with Crippen molar-refractivity contribution in [1.29, 1.82) is 0 Å². The van der Waals surface area contributed by atoms with E-state index < -0.39 is 43.3 Å². The number of nitrogens with zero attached hydrogens (tertiary/aromatic N) is 3. The Morgan fingerprint density at radius 3 is 1.62 bits per heavy atom. The molecule has 2 aliphatic rings. The molecule has 0 aromatic heterocycles. The number of aryl methyl sites for hydroxylation is 2. The first-order valence-corrected chi connectivity index (χ1v) is 15.0. The lowest BCUT2D eigenvalue weighted by Gasteiger charge is -2.08. The Bertz CT molecular complexity index is 1710. The number of guanidine groups is 1. The molecule has 0 atom stereocenters. The highest BCUT2D eigenvalue weighted by Crippen LogP contribution is 2.31. The first-order valence-electron chi connectivity index (χ1n) is 11.7. The van der Waals surface area contributed by atoms with Crippen LogP contribution in [-0.2, 0) is 37.3 Å². The Kier molecular flexibility index (Phi) is 8.64. The third-order valence-electron chi connectivity index (χ3n) is 6.23. The van der Waals surface area contributed by atoms with Crippen LogP contribution in [0.1, 0.15) is 56.8 Å². The van der Waals surface area contributed by atoms with Crippen molar-refractivity contribution in [1.82, 2.24) is 0 Å². The van der Waals surface area contributed by atoms with Crippen LogP contribution in [0, 0.1) is 0 Å². The van der Waals surface area contributed by atoms with E-state index in [1.165, 1.54) is 25.3 Å². The van der Waals surface area contributed by atoms with Gasteiger partial charge in [-0.05, 0) is 48.2 Å². The number of esters is 1. The molecule has 0 unspecified atom stereocenters. The molecule has 40 heavy (non-hydrogen) atoms. The number of benzene rings is 2. The van der Waals surface area contributed by atoms with Gasteiger partial charge >= 0.3 is 5.97 Å². The van der Waals surface area contributed by atoms with Crippen LogP contribution in [0.5, 0.6) is 0 Å². The van der Waals surface area contributed by atoms with E-state index in [9.17, 15) is 26.4 Å². The first kappa shape index (κ1) is 30.2. The summed E-state index contributed by atoms with van der Waals surface area (Å²) in [4.78, 5) is 27.0. The summed E-state index contributed by atoms with van der Waals surface area (Å²) in [6.07, 6.45) is 1.00. The zero-order chi connectivity index (χ0) is 30.0. The summed E-state index contributed by atoms with van der Waals surface area (Å²) in [6.45, 7) is 3.64. The van der Waals surface area contributed by atoms with Crippen LogP contribution in [0.4, 0.5) is 0 Å². The molecule has 4 rings (SSSR count). The Morgan fingerprint density at radius 1 is 0.825 bits per heavy atom. The van der Waals surface area contributed by atoms with Gasteiger partial charge in [0.05, 0.1) is 22.5 Å². The van der Waals surface area contributed by atoms with Gasteiger partial charge in [-0.25, -0.2) is 21.6 Å². The molecular weight excluding hydrogens is 566 g/mol. The lowest BCUT2D eigenvalue weighted by Crippen LogP contribution is -2.24. The van der Waals surface area contributed by atoms with Gasteiger partial charge in [0.25, 0.3) is 5.91 Å². The van der Waals surface area contributed by atoms with Crippen LogP contribution in [0.25, 0.3) is 0 Å². The van der Waals surface area contributed by atoms with E-state index in [0.29, 0.717) is 35.1 Å². The minimum Gasteiger partial charge on any atom is -0.465 e.